The number of benzene rings is 1. The van der Waals surface area contributed by atoms with E-state index >= 15 is 0 Å². The van der Waals surface area contributed by atoms with E-state index in [4.69, 9.17) is 16.6 Å². The van der Waals surface area contributed by atoms with Crippen molar-refractivity contribution >= 4 is 23.1 Å². The van der Waals surface area contributed by atoms with Crippen molar-refractivity contribution in [2.24, 2.45) is 0 Å². The fraction of sp³-hybridized carbons (Fsp3) is 0.200. The van der Waals surface area contributed by atoms with E-state index in [2.05, 4.69) is 0 Å². The summed E-state index contributed by atoms with van der Waals surface area (Å²) in [5, 5.41) is 8.42. The van der Waals surface area contributed by atoms with E-state index in [0.717, 1.165) is 0 Å². The van der Waals surface area contributed by atoms with Gasteiger partial charge < -0.3 is 16.6 Å². The van der Waals surface area contributed by atoms with Crippen LogP contribution >= 0.6 is 0 Å². The van der Waals surface area contributed by atoms with Crippen LogP contribution in [0.15, 0.2) is 18.2 Å². The van der Waals surface area contributed by atoms with Crippen LogP contribution in [0.1, 0.15) is 23.2 Å². The van der Waals surface area contributed by atoms with Crippen LogP contribution in [0.3, 0.4) is 0 Å². The van der Waals surface area contributed by atoms with E-state index in [0.29, 0.717) is 5.69 Å². The quantitative estimate of drug-likeness (QED) is 0.503. The van der Waals surface area contributed by atoms with E-state index in [-0.39, 0.29) is 29.9 Å². The summed E-state index contributed by atoms with van der Waals surface area (Å²) in [5.41, 5.74) is 12.0. The SMILES string of the molecule is Nc1cccc(C(=O)CCC(=O)O)c1N. The first-order valence-electron chi connectivity index (χ1n) is 4.41. The summed E-state index contributed by atoms with van der Waals surface area (Å²) >= 11 is 0. The summed E-state index contributed by atoms with van der Waals surface area (Å²) in [4.78, 5) is 21.8. The molecular formula is C10H12N2O3. The molecule has 5 heteroatoms. The number of nitrogen functional groups attached to an aromatic ring is 2. The molecule has 0 spiro atoms. The maximum absolute atomic E-state index is 11.5. The second-order valence-corrected chi connectivity index (χ2v) is 3.13. The smallest absolute Gasteiger partial charge is 0.303 e. The Balaban J connectivity index is 2.82. The van der Waals surface area contributed by atoms with Gasteiger partial charge in [-0.15, -0.1) is 0 Å². The molecule has 15 heavy (non-hydrogen) atoms. The number of hydrogen-bond acceptors (Lipinski definition) is 4. The molecule has 0 saturated carbocycles. The lowest BCUT2D eigenvalue weighted by atomic mass is 10.0. The first kappa shape index (κ1) is 11.0. The number of rotatable bonds is 4. The van der Waals surface area contributed by atoms with Crippen molar-refractivity contribution < 1.29 is 14.7 Å². The monoisotopic (exact) mass is 208 g/mol. The van der Waals surface area contributed by atoms with Gasteiger partial charge in [-0.1, -0.05) is 6.07 Å². The lowest BCUT2D eigenvalue weighted by Crippen LogP contribution is -2.08. The molecule has 5 N–H and O–H groups in total. The summed E-state index contributed by atoms with van der Waals surface area (Å²) in [6, 6.07) is 4.73. The largest absolute Gasteiger partial charge is 0.481 e. The third kappa shape index (κ3) is 2.70. The third-order valence-electron chi connectivity index (χ3n) is 2.01. The number of Topliss-reactive ketones (excluding diaryl/α,β-unsaturated/α-hetero) is 1. The molecular weight excluding hydrogens is 196 g/mol. The lowest BCUT2D eigenvalue weighted by Gasteiger charge is -2.05. The van der Waals surface area contributed by atoms with Gasteiger partial charge in [0.1, 0.15) is 0 Å². The molecule has 0 radical (unpaired) electrons. The van der Waals surface area contributed by atoms with E-state index in [9.17, 15) is 9.59 Å². The number of para-hydroxylation sites is 1. The molecule has 0 aliphatic heterocycles. The number of carbonyl (C=O) groups is 2. The fourth-order valence-corrected chi connectivity index (χ4v) is 1.18. The number of hydrogen-bond donors (Lipinski definition) is 3. The van der Waals surface area contributed by atoms with Crippen LogP contribution < -0.4 is 11.5 Å². The molecule has 0 saturated heterocycles. The van der Waals surface area contributed by atoms with Crippen molar-refractivity contribution in [2.75, 3.05) is 11.5 Å². The van der Waals surface area contributed by atoms with Crippen LogP contribution in [0.2, 0.25) is 0 Å². The molecule has 1 rings (SSSR count). The van der Waals surface area contributed by atoms with Gasteiger partial charge in [-0.3, -0.25) is 9.59 Å². The molecule has 0 bridgehead atoms. The normalized spacial score (nSPS) is 9.87. The second-order valence-electron chi connectivity index (χ2n) is 3.13. The van der Waals surface area contributed by atoms with Gasteiger partial charge in [-0.05, 0) is 12.1 Å². The highest BCUT2D eigenvalue weighted by Gasteiger charge is 2.12. The van der Waals surface area contributed by atoms with Crippen LogP contribution in [0.4, 0.5) is 11.4 Å². The number of carboxylic acids is 1. The van der Waals surface area contributed by atoms with Gasteiger partial charge in [-0.2, -0.15) is 0 Å². The van der Waals surface area contributed by atoms with Crippen molar-refractivity contribution in [3.05, 3.63) is 23.8 Å². The molecule has 0 atom stereocenters. The van der Waals surface area contributed by atoms with Gasteiger partial charge in [-0.25, -0.2) is 0 Å². The van der Waals surface area contributed by atoms with Gasteiger partial charge in [0.2, 0.25) is 0 Å². The number of carboxylic acid groups (broad SMARTS) is 1. The molecule has 0 aromatic heterocycles. The van der Waals surface area contributed by atoms with Gasteiger partial charge >= 0.3 is 5.97 Å². The summed E-state index contributed by atoms with van der Waals surface area (Å²) < 4.78 is 0. The standard InChI is InChI=1S/C10H12N2O3/c11-7-3-1-2-6(10(7)12)8(13)4-5-9(14)15/h1-3H,4-5,11-12H2,(H,14,15). The molecule has 5 nitrogen and oxygen atoms in total. The minimum Gasteiger partial charge on any atom is -0.481 e. The van der Waals surface area contributed by atoms with Crippen molar-refractivity contribution in [3.8, 4) is 0 Å². The zero-order valence-electron chi connectivity index (χ0n) is 8.06. The van der Waals surface area contributed by atoms with Crippen molar-refractivity contribution in [2.45, 2.75) is 12.8 Å². The van der Waals surface area contributed by atoms with Gasteiger partial charge in [0.05, 0.1) is 17.8 Å². The summed E-state index contributed by atoms with van der Waals surface area (Å²) in [6.45, 7) is 0. The topological polar surface area (TPSA) is 106 Å². The highest BCUT2D eigenvalue weighted by molar-refractivity contribution is 6.03. The second kappa shape index (κ2) is 4.45. The van der Waals surface area contributed by atoms with Gasteiger partial charge in [0.15, 0.2) is 5.78 Å². The Morgan fingerprint density at radius 2 is 1.87 bits per heavy atom. The Morgan fingerprint density at radius 1 is 1.20 bits per heavy atom. The van der Waals surface area contributed by atoms with Crippen molar-refractivity contribution in [1.82, 2.24) is 0 Å². The Hall–Kier alpha value is -2.04. The summed E-state index contributed by atoms with van der Waals surface area (Å²) in [5.74, 6) is -1.31. The number of ketones is 1. The third-order valence-corrected chi connectivity index (χ3v) is 2.01. The average Bonchev–Trinajstić information content (AvgIpc) is 2.18. The zero-order chi connectivity index (χ0) is 11.4. The minimum absolute atomic E-state index is 0.0665. The first-order valence-corrected chi connectivity index (χ1v) is 4.41. The molecule has 0 aliphatic carbocycles. The van der Waals surface area contributed by atoms with Gasteiger partial charge in [0.25, 0.3) is 0 Å². The van der Waals surface area contributed by atoms with E-state index in [1.165, 1.54) is 6.07 Å². The van der Waals surface area contributed by atoms with E-state index in [1.807, 2.05) is 0 Å². The molecule has 0 heterocycles. The maximum atomic E-state index is 11.5. The number of aliphatic carboxylic acids is 1. The predicted octanol–water partition coefficient (Wildman–Crippen LogP) is 0.899. The molecule has 1 aromatic rings. The van der Waals surface area contributed by atoms with Crippen LogP contribution in [0.25, 0.3) is 0 Å². The molecule has 0 aliphatic rings. The highest BCUT2D eigenvalue weighted by atomic mass is 16.4. The van der Waals surface area contributed by atoms with Crippen molar-refractivity contribution in [3.63, 3.8) is 0 Å². The molecule has 1 aromatic carbocycles. The fourth-order valence-electron chi connectivity index (χ4n) is 1.18. The summed E-state index contributed by atoms with van der Waals surface area (Å²) in [7, 11) is 0. The Kier molecular flexibility index (Phi) is 3.28. The predicted molar refractivity (Wildman–Crippen MR) is 56.5 cm³/mol. The lowest BCUT2D eigenvalue weighted by molar-refractivity contribution is -0.136. The minimum atomic E-state index is -1.01. The number of nitrogens with two attached hydrogens (primary N) is 2. The van der Waals surface area contributed by atoms with Gasteiger partial charge in [0, 0.05) is 12.0 Å². The number of anilines is 2. The molecule has 0 amide bonds. The van der Waals surface area contributed by atoms with Crippen LogP contribution in [0, 0.1) is 0 Å². The first-order chi connectivity index (χ1) is 7.02. The number of carbonyl (C=O) groups excluding carboxylic acids is 1. The summed E-state index contributed by atoms with van der Waals surface area (Å²) in [6.07, 6.45) is -0.268. The van der Waals surface area contributed by atoms with E-state index < -0.39 is 5.97 Å². The Bertz CT molecular complexity index is 402. The molecule has 0 unspecified atom stereocenters. The maximum Gasteiger partial charge on any atom is 0.303 e. The molecule has 80 valence electrons. The average molecular weight is 208 g/mol. The Labute approximate surface area is 86.7 Å². The highest BCUT2D eigenvalue weighted by Crippen LogP contribution is 2.21. The van der Waals surface area contributed by atoms with Crippen molar-refractivity contribution in [1.29, 1.82) is 0 Å². The molecule has 0 fully saturated rings. The van der Waals surface area contributed by atoms with Crippen LogP contribution in [0.5, 0.6) is 0 Å². The van der Waals surface area contributed by atoms with Crippen LogP contribution in [-0.4, -0.2) is 16.9 Å². The van der Waals surface area contributed by atoms with E-state index in [1.54, 1.807) is 12.1 Å². The Morgan fingerprint density at radius 3 is 2.47 bits per heavy atom. The van der Waals surface area contributed by atoms with Crippen LogP contribution in [-0.2, 0) is 4.79 Å². The zero-order valence-corrected chi connectivity index (χ0v) is 8.06.